The summed E-state index contributed by atoms with van der Waals surface area (Å²) in [6, 6.07) is 5.78. The third-order valence-corrected chi connectivity index (χ3v) is 2.36. The molecule has 2 nitrogen and oxygen atoms in total. The first-order chi connectivity index (χ1) is 6.67. The van der Waals surface area contributed by atoms with Crippen LogP contribution in [0.2, 0.25) is 0 Å². The van der Waals surface area contributed by atoms with Crippen molar-refractivity contribution < 1.29 is 9.84 Å². The molecule has 3 heteroatoms. The first-order valence-electron chi connectivity index (χ1n) is 4.33. The highest BCUT2D eigenvalue weighted by atomic mass is 79.9. The van der Waals surface area contributed by atoms with Gasteiger partial charge in [-0.1, -0.05) is 28.6 Å². The fourth-order valence-corrected chi connectivity index (χ4v) is 1.36. The van der Waals surface area contributed by atoms with Crippen LogP contribution < -0.4 is 4.74 Å². The van der Waals surface area contributed by atoms with Crippen LogP contribution in [0.3, 0.4) is 0 Å². The number of benzene rings is 1. The second kappa shape index (κ2) is 5.17. The molecule has 0 saturated carbocycles. The summed E-state index contributed by atoms with van der Waals surface area (Å²) in [6.07, 6.45) is 1.24. The molecule has 0 amide bonds. The Morgan fingerprint density at radius 2 is 2.36 bits per heavy atom. The maximum Gasteiger partial charge on any atom is 0.140 e. The van der Waals surface area contributed by atoms with E-state index in [4.69, 9.17) is 9.84 Å². The number of rotatable bonds is 4. The summed E-state index contributed by atoms with van der Waals surface area (Å²) in [6.45, 7) is 5.48. The summed E-state index contributed by atoms with van der Waals surface area (Å²) >= 11 is 3.36. The predicted molar refractivity (Wildman–Crippen MR) is 60.6 cm³/mol. The SMILES string of the molecule is C=CC(CO)Oc1cc(Br)ccc1C. The van der Waals surface area contributed by atoms with Gasteiger partial charge in [0.2, 0.25) is 0 Å². The molecule has 1 N–H and O–H groups in total. The summed E-state index contributed by atoms with van der Waals surface area (Å²) in [5.41, 5.74) is 1.04. The molecular weight excluding hydrogens is 244 g/mol. The minimum atomic E-state index is -0.344. The van der Waals surface area contributed by atoms with Crippen molar-refractivity contribution >= 4 is 15.9 Å². The number of aliphatic hydroxyl groups excluding tert-OH is 1. The third kappa shape index (κ3) is 2.86. The molecule has 0 radical (unpaired) electrons. The van der Waals surface area contributed by atoms with Crippen molar-refractivity contribution in [2.45, 2.75) is 13.0 Å². The van der Waals surface area contributed by atoms with Gasteiger partial charge in [-0.25, -0.2) is 0 Å². The second-order valence-electron chi connectivity index (χ2n) is 2.98. The fourth-order valence-electron chi connectivity index (χ4n) is 1.02. The van der Waals surface area contributed by atoms with Gasteiger partial charge in [0.25, 0.3) is 0 Å². The van der Waals surface area contributed by atoms with E-state index in [1.54, 1.807) is 6.08 Å². The van der Waals surface area contributed by atoms with Gasteiger partial charge in [-0.15, -0.1) is 0 Å². The molecule has 0 spiro atoms. The second-order valence-corrected chi connectivity index (χ2v) is 3.90. The molecule has 1 rings (SSSR count). The van der Waals surface area contributed by atoms with Crippen LogP contribution in [0.1, 0.15) is 5.56 Å². The van der Waals surface area contributed by atoms with Crippen molar-refractivity contribution in [1.29, 1.82) is 0 Å². The molecule has 1 aromatic rings. The van der Waals surface area contributed by atoms with Gasteiger partial charge in [0.1, 0.15) is 11.9 Å². The molecular formula is C11H13BrO2. The summed E-state index contributed by atoms with van der Waals surface area (Å²) < 4.78 is 6.48. The molecule has 1 aromatic carbocycles. The highest BCUT2D eigenvalue weighted by Gasteiger charge is 2.06. The zero-order chi connectivity index (χ0) is 10.6. The fraction of sp³-hybridized carbons (Fsp3) is 0.273. The summed E-state index contributed by atoms with van der Waals surface area (Å²) in [7, 11) is 0. The van der Waals surface area contributed by atoms with Gasteiger partial charge in [-0.05, 0) is 30.7 Å². The highest BCUT2D eigenvalue weighted by Crippen LogP contribution is 2.23. The molecule has 0 bridgehead atoms. The average molecular weight is 257 g/mol. The first kappa shape index (κ1) is 11.3. The van der Waals surface area contributed by atoms with Crippen LogP contribution in [0, 0.1) is 6.92 Å². The van der Waals surface area contributed by atoms with Crippen LogP contribution in [0.25, 0.3) is 0 Å². The number of ether oxygens (including phenoxy) is 1. The van der Waals surface area contributed by atoms with Crippen molar-refractivity contribution in [3.63, 3.8) is 0 Å². The Labute approximate surface area is 92.3 Å². The molecule has 0 aromatic heterocycles. The molecule has 1 atom stereocenters. The summed E-state index contributed by atoms with van der Waals surface area (Å²) in [4.78, 5) is 0. The molecule has 0 fully saturated rings. The molecule has 0 heterocycles. The van der Waals surface area contributed by atoms with Gasteiger partial charge in [0.15, 0.2) is 0 Å². The van der Waals surface area contributed by atoms with Gasteiger partial charge in [-0.3, -0.25) is 0 Å². The normalized spacial score (nSPS) is 12.2. The van der Waals surface area contributed by atoms with Crippen LogP contribution in [0.15, 0.2) is 35.3 Å². The van der Waals surface area contributed by atoms with Crippen molar-refractivity contribution in [3.05, 3.63) is 40.9 Å². The maximum atomic E-state index is 8.94. The van der Waals surface area contributed by atoms with Crippen molar-refractivity contribution in [2.75, 3.05) is 6.61 Å². The predicted octanol–water partition coefficient (Wildman–Crippen LogP) is 2.68. The van der Waals surface area contributed by atoms with Crippen molar-refractivity contribution in [2.24, 2.45) is 0 Å². The highest BCUT2D eigenvalue weighted by molar-refractivity contribution is 9.10. The lowest BCUT2D eigenvalue weighted by atomic mass is 10.2. The number of halogens is 1. The summed E-state index contributed by atoms with van der Waals surface area (Å²) in [5.74, 6) is 0.762. The van der Waals surface area contributed by atoms with Crippen LogP contribution in [-0.4, -0.2) is 17.8 Å². The number of aliphatic hydroxyl groups is 1. The van der Waals surface area contributed by atoms with Crippen molar-refractivity contribution in [1.82, 2.24) is 0 Å². The Morgan fingerprint density at radius 3 is 2.93 bits per heavy atom. The number of hydrogen-bond acceptors (Lipinski definition) is 2. The lowest BCUT2D eigenvalue weighted by Crippen LogP contribution is -2.18. The monoisotopic (exact) mass is 256 g/mol. The van der Waals surface area contributed by atoms with E-state index < -0.39 is 0 Å². The Kier molecular flexibility index (Phi) is 4.17. The van der Waals surface area contributed by atoms with Gasteiger partial charge < -0.3 is 9.84 Å². The van der Waals surface area contributed by atoms with Gasteiger partial charge in [0.05, 0.1) is 6.61 Å². The Bertz CT molecular complexity index is 323. The van der Waals surface area contributed by atoms with Crippen LogP contribution in [-0.2, 0) is 0 Å². The van der Waals surface area contributed by atoms with E-state index >= 15 is 0 Å². The number of hydrogen-bond donors (Lipinski definition) is 1. The van der Waals surface area contributed by atoms with Crippen LogP contribution >= 0.6 is 15.9 Å². The van der Waals surface area contributed by atoms with Gasteiger partial charge >= 0.3 is 0 Å². The largest absolute Gasteiger partial charge is 0.484 e. The zero-order valence-electron chi connectivity index (χ0n) is 8.03. The Morgan fingerprint density at radius 1 is 1.64 bits per heavy atom. The van der Waals surface area contributed by atoms with E-state index in [-0.39, 0.29) is 12.7 Å². The Hall–Kier alpha value is -0.800. The lowest BCUT2D eigenvalue weighted by molar-refractivity contribution is 0.149. The van der Waals surface area contributed by atoms with Crippen LogP contribution in [0.4, 0.5) is 0 Å². The quantitative estimate of drug-likeness (QED) is 0.840. The van der Waals surface area contributed by atoms with E-state index in [1.165, 1.54) is 0 Å². The molecule has 76 valence electrons. The Balaban J connectivity index is 2.84. The van der Waals surface area contributed by atoms with E-state index in [1.807, 2.05) is 25.1 Å². The standard InChI is InChI=1S/C11H13BrO2/c1-3-10(7-13)14-11-6-9(12)5-4-8(11)2/h3-6,10,13H,1,7H2,2H3. The van der Waals surface area contributed by atoms with E-state index in [0.29, 0.717) is 0 Å². The van der Waals surface area contributed by atoms with Gasteiger partial charge in [0, 0.05) is 4.47 Å². The average Bonchev–Trinajstić information content (AvgIpc) is 2.19. The van der Waals surface area contributed by atoms with Crippen LogP contribution in [0.5, 0.6) is 5.75 Å². The minimum absolute atomic E-state index is 0.0601. The summed E-state index contributed by atoms with van der Waals surface area (Å²) in [5, 5.41) is 8.94. The lowest BCUT2D eigenvalue weighted by Gasteiger charge is -2.14. The minimum Gasteiger partial charge on any atom is -0.484 e. The molecule has 1 unspecified atom stereocenters. The molecule has 14 heavy (non-hydrogen) atoms. The molecule has 0 aliphatic rings. The van der Waals surface area contributed by atoms with E-state index in [2.05, 4.69) is 22.5 Å². The topological polar surface area (TPSA) is 29.5 Å². The van der Waals surface area contributed by atoms with Crippen molar-refractivity contribution in [3.8, 4) is 5.75 Å². The molecule has 0 saturated heterocycles. The smallest absolute Gasteiger partial charge is 0.140 e. The van der Waals surface area contributed by atoms with Gasteiger partial charge in [-0.2, -0.15) is 0 Å². The van der Waals surface area contributed by atoms with E-state index in [9.17, 15) is 0 Å². The molecule has 0 aliphatic carbocycles. The third-order valence-electron chi connectivity index (χ3n) is 1.87. The number of aryl methyl sites for hydroxylation is 1. The zero-order valence-corrected chi connectivity index (χ0v) is 9.62. The molecule has 0 aliphatic heterocycles. The first-order valence-corrected chi connectivity index (χ1v) is 5.13. The maximum absolute atomic E-state index is 8.94. The van der Waals surface area contributed by atoms with E-state index in [0.717, 1.165) is 15.8 Å².